The number of sulfone groups is 1. The molecule has 0 unspecified atom stereocenters. The highest BCUT2D eigenvalue weighted by molar-refractivity contribution is 7.91. The summed E-state index contributed by atoms with van der Waals surface area (Å²) < 4.78 is 25.6. The van der Waals surface area contributed by atoms with Crippen molar-refractivity contribution in [2.45, 2.75) is 57.3 Å². The van der Waals surface area contributed by atoms with Crippen molar-refractivity contribution in [1.82, 2.24) is 14.7 Å². The van der Waals surface area contributed by atoms with Crippen molar-refractivity contribution in [1.29, 1.82) is 0 Å². The summed E-state index contributed by atoms with van der Waals surface area (Å²) in [4.78, 5) is 15.4. The minimum Gasteiger partial charge on any atom is -0.361 e. The summed E-state index contributed by atoms with van der Waals surface area (Å²) in [6.07, 6.45) is 4.24. The molecule has 1 N–H and O–H groups in total. The number of carbonyl (C=O) groups is 1. The Labute approximate surface area is 181 Å². The van der Waals surface area contributed by atoms with E-state index in [0.29, 0.717) is 17.1 Å². The molecule has 30 heavy (non-hydrogen) atoms. The highest BCUT2D eigenvalue weighted by Crippen LogP contribution is 2.42. The monoisotopic (exact) mass is 448 g/mol. The number of amides is 1. The zero-order valence-electron chi connectivity index (χ0n) is 16.8. The zero-order chi connectivity index (χ0) is 21.0. The smallest absolute Gasteiger partial charge is 0.258 e. The number of anilines is 1. The molecule has 160 valence electrons. The number of rotatable bonds is 3. The topological polar surface area (TPSA) is 84.3 Å². The van der Waals surface area contributed by atoms with Gasteiger partial charge in [-0.1, -0.05) is 36.6 Å². The summed E-state index contributed by atoms with van der Waals surface area (Å²) in [5.74, 6) is 0.219. The second-order valence-electron chi connectivity index (χ2n) is 8.53. The molecule has 1 aromatic carbocycles. The Morgan fingerprint density at radius 2 is 1.87 bits per heavy atom. The normalized spacial score (nSPS) is 26.1. The van der Waals surface area contributed by atoms with Crippen LogP contribution in [0.3, 0.4) is 0 Å². The highest BCUT2D eigenvalue weighted by atomic mass is 35.5. The molecule has 0 radical (unpaired) electrons. The van der Waals surface area contributed by atoms with Crippen LogP contribution in [0.1, 0.15) is 65.9 Å². The number of nitrogens with zero attached hydrogens (tertiary/aromatic N) is 3. The molecule has 2 aromatic rings. The van der Waals surface area contributed by atoms with Gasteiger partial charge in [0.25, 0.3) is 5.91 Å². The molecule has 2 aliphatic heterocycles. The van der Waals surface area contributed by atoms with Gasteiger partial charge in [0.15, 0.2) is 9.84 Å². The number of fused-ring (bicyclic) bond motifs is 1. The Balaban J connectivity index is 1.59. The second-order valence-corrected chi connectivity index (χ2v) is 11.1. The molecule has 0 spiro atoms. The average Bonchev–Trinajstić information content (AvgIpc) is 3.42. The zero-order valence-corrected chi connectivity index (χ0v) is 18.4. The Hall–Kier alpha value is -2.06. The van der Waals surface area contributed by atoms with Crippen molar-refractivity contribution >= 4 is 33.0 Å². The van der Waals surface area contributed by atoms with E-state index >= 15 is 0 Å². The molecule has 2 fully saturated rings. The molecule has 2 atom stereocenters. The van der Waals surface area contributed by atoms with Crippen molar-refractivity contribution in [2.24, 2.45) is 0 Å². The summed E-state index contributed by atoms with van der Waals surface area (Å²) >= 11 is 6.81. The number of nitrogens with one attached hydrogen (secondary N) is 1. The van der Waals surface area contributed by atoms with Crippen LogP contribution >= 0.6 is 11.6 Å². The summed E-state index contributed by atoms with van der Waals surface area (Å²) in [5.41, 5.74) is 2.94. The SMILES string of the molecule is Cc1nn([C@@H]2CCS(=O)(=O)C2)c(Cl)c1[C@@H]1Nc2ccccc2C(=O)N1C1CCCC1. The van der Waals surface area contributed by atoms with Crippen LogP contribution in [-0.4, -0.2) is 46.6 Å². The molecular weight excluding hydrogens is 424 g/mol. The average molecular weight is 449 g/mol. The van der Waals surface area contributed by atoms with Gasteiger partial charge in [-0.25, -0.2) is 13.1 Å². The number of halogens is 1. The van der Waals surface area contributed by atoms with Gasteiger partial charge in [-0.2, -0.15) is 5.10 Å². The number of benzene rings is 1. The molecule has 9 heteroatoms. The van der Waals surface area contributed by atoms with E-state index in [1.807, 2.05) is 36.1 Å². The molecule has 5 rings (SSSR count). The number of para-hydroxylation sites is 1. The van der Waals surface area contributed by atoms with E-state index in [9.17, 15) is 13.2 Å². The molecule has 1 amide bonds. The van der Waals surface area contributed by atoms with E-state index in [4.69, 9.17) is 11.6 Å². The molecule has 1 aliphatic carbocycles. The lowest BCUT2D eigenvalue weighted by molar-refractivity contribution is 0.0584. The summed E-state index contributed by atoms with van der Waals surface area (Å²) in [6, 6.07) is 7.42. The molecule has 1 saturated heterocycles. The maximum absolute atomic E-state index is 13.5. The largest absolute Gasteiger partial charge is 0.361 e. The number of hydrogen-bond acceptors (Lipinski definition) is 5. The van der Waals surface area contributed by atoms with E-state index in [2.05, 4.69) is 10.4 Å². The van der Waals surface area contributed by atoms with Crippen LogP contribution in [-0.2, 0) is 9.84 Å². The fourth-order valence-corrected chi connectivity index (χ4v) is 7.20. The van der Waals surface area contributed by atoms with Gasteiger partial charge < -0.3 is 10.2 Å². The van der Waals surface area contributed by atoms with Crippen LogP contribution in [0, 0.1) is 6.92 Å². The van der Waals surface area contributed by atoms with E-state index in [1.165, 1.54) is 0 Å². The molecule has 3 aliphatic rings. The fraction of sp³-hybridized carbons (Fsp3) is 0.524. The highest BCUT2D eigenvalue weighted by Gasteiger charge is 2.42. The molecular formula is C21H25ClN4O3S. The van der Waals surface area contributed by atoms with E-state index in [1.54, 1.807) is 4.68 Å². The van der Waals surface area contributed by atoms with Crippen molar-refractivity contribution in [3.63, 3.8) is 0 Å². The second kappa shape index (κ2) is 7.27. The molecule has 0 bridgehead atoms. The van der Waals surface area contributed by atoms with Gasteiger partial charge in [-0.3, -0.25) is 4.79 Å². The maximum Gasteiger partial charge on any atom is 0.258 e. The van der Waals surface area contributed by atoms with E-state index < -0.39 is 16.0 Å². The number of aromatic nitrogens is 2. The third-order valence-corrected chi connectivity index (χ3v) is 8.71. The van der Waals surface area contributed by atoms with Crippen LogP contribution < -0.4 is 5.32 Å². The first kappa shape index (κ1) is 19.9. The van der Waals surface area contributed by atoms with Gasteiger partial charge in [0.05, 0.1) is 34.4 Å². The van der Waals surface area contributed by atoms with Crippen molar-refractivity contribution < 1.29 is 13.2 Å². The number of carbonyl (C=O) groups excluding carboxylic acids is 1. The molecule has 7 nitrogen and oxygen atoms in total. The standard InChI is InChI=1S/C21H25ClN4O3S/c1-13-18(19(22)26(24-13)15-10-11-30(28,29)12-15)20-23-17-9-5-4-8-16(17)21(27)25(20)14-6-2-3-7-14/h4-5,8-9,14-15,20,23H,2-3,6-7,10-12H2,1H3/t15-,20-/m1/s1. The van der Waals surface area contributed by atoms with Gasteiger partial charge in [0.2, 0.25) is 0 Å². The van der Waals surface area contributed by atoms with Gasteiger partial charge >= 0.3 is 0 Å². The van der Waals surface area contributed by atoms with Crippen LogP contribution in [0.2, 0.25) is 5.15 Å². The van der Waals surface area contributed by atoms with Gasteiger partial charge in [-0.15, -0.1) is 0 Å². The van der Waals surface area contributed by atoms with Crippen LogP contribution in [0.5, 0.6) is 0 Å². The first-order valence-corrected chi connectivity index (χ1v) is 12.7. The lowest BCUT2D eigenvalue weighted by Gasteiger charge is -2.41. The number of aryl methyl sites for hydroxylation is 1. The predicted molar refractivity (Wildman–Crippen MR) is 116 cm³/mol. The van der Waals surface area contributed by atoms with E-state index in [0.717, 1.165) is 42.6 Å². The summed E-state index contributed by atoms with van der Waals surface area (Å²) in [7, 11) is -3.06. The van der Waals surface area contributed by atoms with Gasteiger partial charge in [-0.05, 0) is 38.3 Å². The first-order chi connectivity index (χ1) is 14.4. The Bertz CT molecular complexity index is 1110. The minimum absolute atomic E-state index is 0.00732. The van der Waals surface area contributed by atoms with Crippen molar-refractivity contribution in [3.8, 4) is 0 Å². The number of hydrogen-bond donors (Lipinski definition) is 1. The first-order valence-electron chi connectivity index (χ1n) is 10.5. The Morgan fingerprint density at radius 1 is 1.13 bits per heavy atom. The predicted octanol–water partition coefficient (Wildman–Crippen LogP) is 3.71. The molecule has 1 aromatic heterocycles. The third-order valence-electron chi connectivity index (χ3n) is 6.58. The van der Waals surface area contributed by atoms with Gasteiger partial charge in [0.1, 0.15) is 11.3 Å². The van der Waals surface area contributed by atoms with E-state index in [-0.39, 0.29) is 29.5 Å². The van der Waals surface area contributed by atoms with Crippen molar-refractivity contribution in [2.75, 3.05) is 16.8 Å². The fourth-order valence-electron chi connectivity index (χ4n) is 5.09. The quantitative estimate of drug-likeness (QED) is 0.773. The van der Waals surface area contributed by atoms with Gasteiger partial charge in [0, 0.05) is 11.7 Å². The van der Waals surface area contributed by atoms with Crippen LogP contribution in [0.4, 0.5) is 5.69 Å². The Kier molecular flexibility index (Phi) is 4.82. The van der Waals surface area contributed by atoms with Crippen molar-refractivity contribution in [3.05, 3.63) is 46.2 Å². The lowest BCUT2D eigenvalue weighted by atomic mass is 10.0. The lowest BCUT2D eigenvalue weighted by Crippen LogP contribution is -2.48. The third kappa shape index (κ3) is 3.21. The summed E-state index contributed by atoms with van der Waals surface area (Å²) in [5, 5.41) is 8.56. The minimum atomic E-state index is -3.06. The Morgan fingerprint density at radius 3 is 2.57 bits per heavy atom. The molecule has 1 saturated carbocycles. The van der Waals surface area contributed by atoms with Crippen LogP contribution in [0.15, 0.2) is 24.3 Å². The maximum atomic E-state index is 13.5. The summed E-state index contributed by atoms with van der Waals surface area (Å²) in [6.45, 7) is 1.88. The molecule has 3 heterocycles. The van der Waals surface area contributed by atoms with Crippen LogP contribution in [0.25, 0.3) is 0 Å².